The highest BCUT2D eigenvalue weighted by molar-refractivity contribution is 5.37. The number of hydrogen-bond donors (Lipinski definition) is 1. The molecular formula is C15H19N3O. The van der Waals surface area contributed by atoms with Gasteiger partial charge in [-0.25, -0.2) is 4.68 Å². The average Bonchev–Trinajstić information content (AvgIpc) is 3.19. The molecule has 0 bridgehead atoms. The van der Waals surface area contributed by atoms with E-state index in [-0.39, 0.29) is 0 Å². The predicted octanol–water partition coefficient (Wildman–Crippen LogP) is 2.65. The first-order chi connectivity index (χ1) is 9.31. The number of aryl methyl sites for hydroxylation is 1. The van der Waals surface area contributed by atoms with E-state index in [0.717, 1.165) is 24.2 Å². The Balaban J connectivity index is 1.94. The minimum absolute atomic E-state index is 0.626. The Kier molecular flexibility index (Phi) is 3.34. The van der Waals surface area contributed by atoms with Crippen molar-refractivity contribution in [2.45, 2.75) is 44.8 Å². The minimum Gasteiger partial charge on any atom is -0.382 e. The van der Waals surface area contributed by atoms with Gasteiger partial charge in [0.25, 0.3) is 0 Å². The molecule has 1 aromatic heterocycles. The van der Waals surface area contributed by atoms with Crippen molar-refractivity contribution < 1.29 is 5.11 Å². The predicted molar refractivity (Wildman–Crippen MR) is 72.8 cm³/mol. The zero-order valence-electron chi connectivity index (χ0n) is 11.2. The Hall–Kier alpha value is -1.68. The lowest BCUT2D eigenvalue weighted by molar-refractivity contribution is 0.206. The molecule has 100 valence electrons. The Morgan fingerprint density at radius 3 is 2.89 bits per heavy atom. The van der Waals surface area contributed by atoms with Crippen LogP contribution in [-0.4, -0.2) is 20.1 Å². The molecule has 2 aromatic rings. The summed E-state index contributed by atoms with van der Waals surface area (Å²) in [4.78, 5) is 0. The van der Waals surface area contributed by atoms with Gasteiger partial charge >= 0.3 is 0 Å². The van der Waals surface area contributed by atoms with Crippen LogP contribution in [0.5, 0.6) is 0 Å². The maximum Gasteiger partial charge on any atom is 0.123 e. The van der Waals surface area contributed by atoms with Crippen LogP contribution in [0.3, 0.4) is 0 Å². The number of hydrogen-bond acceptors (Lipinski definition) is 3. The van der Waals surface area contributed by atoms with Crippen LogP contribution in [0.25, 0.3) is 0 Å². The smallest absolute Gasteiger partial charge is 0.123 e. The van der Waals surface area contributed by atoms with Gasteiger partial charge < -0.3 is 5.11 Å². The molecule has 1 saturated carbocycles. The van der Waals surface area contributed by atoms with E-state index >= 15 is 0 Å². The summed E-state index contributed by atoms with van der Waals surface area (Å²) in [6.45, 7) is 2.88. The molecule has 1 N–H and O–H groups in total. The third-order valence-corrected chi connectivity index (χ3v) is 3.67. The number of rotatable bonds is 5. The number of nitrogens with zero attached hydrogens (tertiary/aromatic N) is 3. The molecule has 0 aliphatic heterocycles. The fourth-order valence-electron chi connectivity index (χ4n) is 2.55. The zero-order valence-corrected chi connectivity index (χ0v) is 11.2. The van der Waals surface area contributed by atoms with E-state index < -0.39 is 6.10 Å². The van der Waals surface area contributed by atoms with Gasteiger partial charge in [-0.15, -0.1) is 5.10 Å². The Labute approximate surface area is 113 Å². The van der Waals surface area contributed by atoms with Gasteiger partial charge in [0.05, 0.1) is 11.9 Å². The summed E-state index contributed by atoms with van der Waals surface area (Å²) < 4.78 is 1.80. The molecular weight excluding hydrogens is 238 g/mol. The van der Waals surface area contributed by atoms with Crippen LogP contribution < -0.4 is 0 Å². The highest BCUT2D eigenvalue weighted by atomic mass is 16.3. The topological polar surface area (TPSA) is 50.9 Å². The van der Waals surface area contributed by atoms with Crippen LogP contribution in [0.15, 0.2) is 30.5 Å². The number of aromatic nitrogens is 3. The molecule has 0 amide bonds. The fourth-order valence-corrected chi connectivity index (χ4v) is 2.55. The van der Waals surface area contributed by atoms with Crippen molar-refractivity contribution in [1.82, 2.24) is 15.0 Å². The van der Waals surface area contributed by atoms with Gasteiger partial charge in [-0.3, -0.25) is 0 Å². The summed E-state index contributed by atoms with van der Waals surface area (Å²) in [6, 6.07) is 8.18. The molecule has 1 unspecified atom stereocenters. The number of aliphatic hydroxyl groups excluding tert-OH is 1. The van der Waals surface area contributed by atoms with E-state index in [4.69, 9.17) is 0 Å². The highest BCUT2D eigenvalue weighted by Gasteiger charge is 2.29. The number of aliphatic hydroxyl groups is 1. The van der Waals surface area contributed by atoms with Crippen molar-refractivity contribution in [1.29, 1.82) is 0 Å². The van der Waals surface area contributed by atoms with Gasteiger partial charge in [0.2, 0.25) is 0 Å². The van der Waals surface area contributed by atoms with Crippen LogP contribution >= 0.6 is 0 Å². The first-order valence-electron chi connectivity index (χ1n) is 6.96. The summed E-state index contributed by atoms with van der Waals surface area (Å²) in [5.74, 6) is 0.626. The fraction of sp³-hybridized carbons (Fsp3) is 0.467. The largest absolute Gasteiger partial charge is 0.382 e. The molecule has 0 spiro atoms. The number of benzene rings is 1. The monoisotopic (exact) mass is 257 g/mol. The Morgan fingerprint density at radius 1 is 1.37 bits per heavy atom. The van der Waals surface area contributed by atoms with Gasteiger partial charge in [0.15, 0.2) is 0 Å². The van der Waals surface area contributed by atoms with E-state index in [1.165, 1.54) is 18.4 Å². The van der Waals surface area contributed by atoms with Gasteiger partial charge in [-0.1, -0.05) is 36.4 Å². The molecule has 4 nitrogen and oxygen atoms in total. The van der Waals surface area contributed by atoms with Gasteiger partial charge in [-0.2, -0.15) is 0 Å². The van der Waals surface area contributed by atoms with E-state index in [1.807, 2.05) is 18.2 Å². The third-order valence-electron chi connectivity index (χ3n) is 3.67. The lowest BCUT2D eigenvalue weighted by Crippen LogP contribution is -2.11. The average molecular weight is 257 g/mol. The molecule has 1 aliphatic carbocycles. The molecule has 1 aliphatic rings. The van der Waals surface area contributed by atoms with Crippen molar-refractivity contribution in [3.05, 3.63) is 47.3 Å². The first-order valence-corrected chi connectivity index (χ1v) is 6.96. The molecule has 4 heteroatoms. The second-order valence-corrected chi connectivity index (χ2v) is 5.19. The van der Waals surface area contributed by atoms with E-state index in [0.29, 0.717) is 5.92 Å². The van der Waals surface area contributed by atoms with E-state index in [2.05, 4.69) is 23.3 Å². The van der Waals surface area contributed by atoms with Gasteiger partial charge in [0, 0.05) is 6.54 Å². The van der Waals surface area contributed by atoms with Crippen LogP contribution in [0.1, 0.15) is 55.0 Å². The summed E-state index contributed by atoms with van der Waals surface area (Å²) in [5.41, 5.74) is 3.07. The molecule has 19 heavy (non-hydrogen) atoms. The summed E-state index contributed by atoms with van der Waals surface area (Å²) in [5, 5.41) is 18.6. The van der Waals surface area contributed by atoms with Crippen LogP contribution in [0.4, 0.5) is 0 Å². The maximum absolute atomic E-state index is 10.6. The molecule has 1 fully saturated rings. The second kappa shape index (κ2) is 5.13. The molecule has 1 heterocycles. The second-order valence-electron chi connectivity index (χ2n) is 5.19. The standard InChI is InChI=1S/C15H19N3O/c1-2-9-18-14(10-16-17-18)15(19)13-6-4-3-5-12(13)11-7-8-11/h3-6,10-11,15,19H,2,7-9H2,1H3. The van der Waals surface area contributed by atoms with Crippen LogP contribution in [0.2, 0.25) is 0 Å². The molecule has 0 saturated heterocycles. The van der Waals surface area contributed by atoms with Crippen molar-refractivity contribution in [3.63, 3.8) is 0 Å². The quantitative estimate of drug-likeness (QED) is 0.896. The van der Waals surface area contributed by atoms with Crippen molar-refractivity contribution in [2.75, 3.05) is 0 Å². The van der Waals surface area contributed by atoms with Crippen molar-refractivity contribution >= 4 is 0 Å². The lowest BCUT2D eigenvalue weighted by Gasteiger charge is -2.16. The van der Waals surface area contributed by atoms with Gasteiger partial charge in [0.1, 0.15) is 6.10 Å². The van der Waals surface area contributed by atoms with E-state index in [1.54, 1.807) is 10.9 Å². The lowest BCUT2D eigenvalue weighted by atomic mass is 9.97. The highest BCUT2D eigenvalue weighted by Crippen LogP contribution is 2.43. The first kappa shape index (κ1) is 12.4. The van der Waals surface area contributed by atoms with E-state index in [9.17, 15) is 5.11 Å². The Bertz CT molecular complexity index is 560. The van der Waals surface area contributed by atoms with Crippen molar-refractivity contribution in [2.24, 2.45) is 0 Å². The third kappa shape index (κ3) is 2.40. The Morgan fingerprint density at radius 2 is 2.16 bits per heavy atom. The SMILES string of the molecule is CCCn1nncc1C(O)c1ccccc1C1CC1. The minimum atomic E-state index is -0.627. The molecule has 1 atom stereocenters. The molecule has 0 radical (unpaired) electrons. The molecule has 1 aromatic carbocycles. The normalized spacial score (nSPS) is 16.5. The van der Waals surface area contributed by atoms with Crippen molar-refractivity contribution in [3.8, 4) is 0 Å². The summed E-state index contributed by atoms with van der Waals surface area (Å²) >= 11 is 0. The molecule has 3 rings (SSSR count). The van der Waals surface area contributed by atoms with Crippen LogP contribution in [0, 0.1) is 0 Å². The summed E-state index contributed by atoms with van der Waals surface area (Å²) in [7, 11) is 0. The van der Waals surface area contributed by atoms with Gasteiger partial charge in [-0.05, 0) is 36.3 Å². The maximum atomic E-state index is 10.6. The summed E-state index contributed by atoms with van der Waals surface area (Å²) in [6.07, 6.45) is 4.49. The van der Waals surface area contributed by atoms with Crippen LogP contribution in [-0.2, 0) is 6.54 Å². The zero-order chi connectivity index (χ0) is 13.2.